The molecule has 0 aliphatic rings. The number of hydrogen-bond acceptors (Lipinski definition) is 8. The molecule has 4 N–H and O–H groups in total. The molecule has 0 bridgehead atoms. The lowest BCUT2D eigenvalue weighted by atomic mass is 10.3. The first-order valence-electron chi connectivity index (χ1n) is 11.3. The number of halogens is 4. The Bertz CT molecular complexity index is 1180. The van der Waals surface area contributed by atoms with Crippen LogP contribution in [0.25, 0.3) is 0 Å². The Morgan fingerprint density at radius 1 is 0.405 bits per heavy atom. The molecule has 4 heterocycles. The van der Waals surface area contributed by atoms with Crippen LogP contribution in [0.4, 0.5) is 0 Å². The van der Waals surface area contributed by atoms with Crippen molar-refractivity contribution in [2.45, 2.75) is 13.3 Å². The van der Waals surface area contributed by atoms with Crippen molar-refractivity contribution in [3.63, 3.8) is 0 Å². The summed E-state index contributed by atoms with van der Waals surface area (Å²) in [6.07, 6.45) is 20.7. The second kappa shape index (κ2) is 23.1. The summed E-state index contributed by atoms with van der Waals surface area (Å²) in [5, 5.41) is 45.6. The topological polar surface area (TPSA) is 146 Å². The second-order valence-corrected chi connectivity index (χ2v) is 7.84. The summed E-state index contributed by atoms with van der Waals surface area (Å²) < 4.78 is 7.92. The van der Waals surface area contributed by atoms with Crippen LogP contribution in [-0.2, 0) is 13.3 Å². The van der Waals surface area contributed by atoms with Crippen LogP contribution < -0.4 is 91.0 Å². The summed E-state index contributed by atoms with van der Waals surface area (Å²) in [6, 6.07) is 14.8. The first-order valence-corrected chi connectivity index (χ1v) is 11.3. The second-order valence-electron chi connectivity index (χ2n) is 7.84. The highest BCUT2D eigenvalue weighted by atomic mass is 127. The van der Waals surface area contributed by atoms with Gasteiger partial charge in [-0.1, -0.05) is 20.6 Å². The lowest BCUT2D eigenvalue weighted by molar-refractivity contribution is -0.913. The van der Waals surface area contributed by atoms with Gasteiger partial charge in [0.05, 0.1) is 24.9 Å². The zero-order valence-corrected chi connectivity index (χ0v) is 27.7. The molecule has 0 amide bonds. The highest BCUT2D eigenvalue weighted by Gasteiger charge is 2.08. The Hall–Kier alpha value is -3.48. The van der Waals surface area contributed by atoms with Crippen molar-refractivity contribution < 1.29 is 112 Å². The number of aromatic nitrogens is 4. The summed E-state index contributed by atoms with van der Waals surface area (Å²) in [5.41, 5.74) is 3.33. The molecule has 0 aliphatic carbocycles. The number of rotatable bonds is 8. The first kappa shape index (κ1) is 40.7. The van der Waals surface area contributed by atoms with Crippen molar-refractivity contribution in [2.24, 2.45) is 20.6 Å². The number of pyridine rings is 4. The molecular weight excluding hydrogens is 813 g/mol. The largest absolute Gasteiger partial charge is 1.00 e. The quantitative estimate of drug-likeness (QED) is 0.0460. The van der Waals surface area contributed by atoms with Gasteiger partial charge in [0.15, 0.2) is 49.6 Å². The number of hydrogen-bond donors (Lipinski definition) is 4. The van der Waals surface area contributed by atoms with E-state index in [4.69, 9.17) is 20.8 Å². The van der Waals surface area contributed by atoms with Crippen LogP contribution in [0.1, 0.15) is 22.3 Å². The Balaban J connectivity index is 0. The van der Waals surface area contributed by atoms with E-state index in [9.17, 15) is 0 Å². The predicted octanol–water partition coefficient (Wildman–Crippen LogP) is -11.2. The third-order valence-electron chi connectivity index (χ3n) is 5.15. The van der Waals surface area contributed by atoms with E-state index in [1.165, 1.54) is 24.9 Å². The summed E-state index contributed by atoms with van der Waals surface area (Å²) in [6.45, 7) is 1.32. The van der Waals surface area contributed by atoms with Gasteiger partial charge >= 0.3 is 13.3 Å². The number of oxime groups is 4. The van der Waals surface area contributed by atoms with Gasteiger partial charge in [0, 0.05) is 70.8 Å². The fourth-order valence-corrected chi connectivity index (χ4v) is 3.24. The minimum atomic E-state index is 0. The van der Waals surface area contributed by atoms with Crippen LogP contribution in [0.15, 0.2) is 119 Å². The van der Waals surface area contributed by atoms with E-state index < -0.39 is 0 Å². The SMILES string of the molecule is ON=Cc1cc[n+](C[n+]2ccc(C=NO)cc2)cc1.ON=Cc1cc[n+](C[n+]2ccc(C=NO)cc2)cc1.[Cl-].[Cl-].[I-].[I-]. The first-order chi connectivity index (χ1) is 18.6. The average molecular weight is 841 g/mol. The number of nitrogens with zero attached hydrogens (tertiary/aromatic N) is 8. The van der Waals surface area contributed by atoms with Crippen LogP contribution in [-0.4, -0.2) is 45.7 Å². The highest BCUT2D eigenvalue weighted by molar-refractivity contribution is 5.79. The van der Waals surface area contributed by atoms with Crippen molar-refractivity contribution in [3.05, 3.63) is 120 Å². The summed E-state index contributed by atoms with van der Waals surface area (Å²) in [7, 11) is 0. The minimum Gasteiger partial charge on any atom is -1.00 e. The minimum absolute atomic E-state index is 0. The molecule has 4 aromatic heterocycles. The Kier molecular flexibility index (Phi) is 22.4. The van der Waals surface area contributed by atoms with Crippen LogP contribution in [0, 0.1) is 0 Å². The molecule has 0 saturated heterocycles. The fourth-order valence-electron chi connectivity index (χ4n) is 3.24. The maximum Gasteiger partial charge on any atom is 0.343 e. The molecule has 4 aromatic rings. The third-order valence-corrected chi connectivity index (χ3v) is 5.15. The van der Waals surface area contributed by atoms with Gasteiger partial charge in [-0.05, 0) is 0 Å². The molecule has 224 valence electrons. The van der Waals surface area contributed by atoms with Gasteiger partial charge in [0.1, 0.15) is 0 Å². The van der Waals surface area contributed by atoms with Crippen LogP contribution in [0.3, 0.4) is 0 Å². The van der Waals surface area contributed by atoms with E-state index in [0.717, 1.165) is 22.3 Å². The van der Waals surface area contributed by atoms with E-state index in [2.05, 4.69) is 20.6 Å². The van der Waals surface area contributed by atoms with E-state index in [-0.39, 0.29) is 72.8 Å². The zero-order valence-electron chi connectivity index (χ0n) is 21.8. The van der Waals surface area contributed by atoms with Gasteiger partial charge in [-0.15, -0.1) is 18.3 Å². The summed E-state index contributed by atoms with van der Waals surface area (Å²) in [5.74, 6) is 0. The van der Waals surface area contributed by atoms with Crippen molar-refractivity contribution in [2.75, 3.05) is 0 Å². The summed E-state index contributed by atoms with van der Waals surface area (Å²) >= 11 is 0. The van der Waals surface area contributed by atoms with E-state index in [0.29, 0.717) is 13.3 Å². The lowest BCUT2D eigenvalue weighted by Crippen LogP contribution is -3.00. The van der Waals surface area contributed by atoms with Crippen molar-refractivity contribution >= 4 is 24.9 Å². The molecule has 0 radical (unpaired) electrons. The third kappa shape index (κ3) is 14.4. The predicted molar refractivity (Wildman–Crippen MR) is 135 cm³/mol. The Labute approximate surface area is 289 Å². The zero-order chi connectivity index (χ0) is 27.0. The fraction of sp³-hybridized carbons (Fsp3) is 0.0769. The lowest BCUT2D eigenvalue weighted by Gasteiger charge is -1.95. The van der Waals surface area contributed by atoms with Crippen molar-refractivity contribution in [1.29, 1.82) is 0 Å². The molecule has 0 fully saturated rings. The molecule has 0 saturated carbocycles. The standard InChI is InChI=1S/2C13H12N4O2.2ClH.2HI/c2*18-14-9-12-1-5-16(6-2-12)11-17-7-3-13(4-8-17)10-15-19;;;;/h2*1-10H,11H2;4*1H. The molecule has 0 atom stereocenters. The van der Waals surface area contributed by atoms with Crippen LogP contribution in [0.2, 0.25) is 0 Å². The van der Waals surface area contributed by atoms with E-state index in [1.807, 2.05) is 116 Å². The van der Waals surface area contributed by atoms with Gasteiger partial charge in [0.25, 0.3) is 0 Å². The molecule has 12 nitrogen and oxygen atoms in total. The molecular formula is C26H28Cl2I2N8O4. The maximum atomic E-state index is 8.42. The van der Waals surface area contributed by atoms with Crippen LogP contribution >= 0.6 is 0 Å². The van der Waals surface area contributed by atoms with Crippen molar-refractivity contribution in [1.82, 2.24) is 0 Å². The van der Waals surface area contributed by atoms with Gasteiger partial charge in [-0.25, -0.2) is 0 Å². The normalized spacial score (nSPS) is 10.3. The maximum absolute atomic E-state index is 8.42. The molecule has 0 aliphatic heterocycles. The van der Waals surface area contributed by atoms with Crippen LogP contribution in [0.5, 0.6) is 0 Å². The smallest absolute Gasteiger partial charge is 0.343 e. The molecule has 0 aromatic carbocycles. The Morgan fingerprint density at radius 2 is 0.571 bits per heavy atom. The molecule has 4 rings (SSSR count). The monoisotopic (exact) mass is 840 g/mol. The van der Waals surface area contributed by atoms with E-state index in [1.54, 1.807) is 0 Å². The van der Waals surface area contributed by atoms with Gasteiger partial charge < -0.3 is 93.6 Å². The molecule has 0 spiro atoms. The molecule has 42 heavy (non-hydrogen) atoms. The average Bonchev–Trinajstić information content (AvgIpc) is 2.94. The highest BCUT2D eigenvalue weighted by Crippen LogP contribution is 1.93. The van der Waals surface area contributed by atoms with E-state index >= 15 is 0 Å². The van der Waals surface area contributed by atoms with Gasteiger partial charge in [0.2, 0.25) is 0 Å². The Morgan fingerprint density at radius 3 is 0.714 bits per heavy atom. The van der Waals surface area contributed by atoms with Crippen molar-refractivity contribution in [3.8, 4) is 0 Å². The molecule has 0 unspecified atom stereocenters. The molecule has 16 heteroatoms. The summed E-state index contributed by atoms with van der Waals surface area (Å²) in [4.78, 5) is 0. The van der Waals surface area contributed by atoms with Gasteiger partial charge in [-0.3, -0.25) is 0 Å². The van der Waals surface area contributed by atoms with Gasteiger partial charge in [-0.2, -0.15) is 0 Å².